The van der Waals surface area contributed by atoms with E-state index in [0.29, 0.717) is 25.2 Å². The van der Waals surface area contributed by atoms with Crippen molar-refractivity contribution in [1.82, 2.24) is 30.1 Å². The van der Waals surface area contributed by atoms with Crippen LogP contribution in [0.25, 0.3) is 10.9 Å². The lowest BCUT2D eigenvalue weighted by Gasteiger charge is -2.30. The Labute approximate surface area is 215 Å². The Morgan fingerprint density at radius 1 is 1.05 bits per heavy atom. The number of tetrazole rings is 1. The molecule has 2 aromatic carbocycles. The van der Waals surface area contributed by atoms with E-state index in [4.69, 9.17) is 4.42 Å². The molecule has 3 heterocycles. The van der Waals surface area contributed by atoms with E-state index in [1.165, 1.54) is 5.56 Å². The molecule has 5 rings (SSSR count). The Bertz CT molecular complexity index is 1490. The summed E-state index contributed by atoms with van der Waals surface area (Å²) in [6.45, 7) is 5.83. The van der Waals surface area contributed by atoms with Crippen molar-refractivity contribution in [3.63, 3.8) is 0 Å². The molecule has 0 fully saturated rings. The first kappa shape index (κ1) is 24.6. The number of nitrogens with one attached hydrogen (secondary N) is 1. The van der Waals surface area contributed by atoms with Crippen molar-refractivity contribution in [2.45, 2.75) is 58.8 Å². The Balaban J connectivity index is 1.47. The third kappa shape index (κ3) is 5.86. The van der Waals surface area contributed by atoms with E-state index in [-0.39, 0.29) is 11.6 Å². The first-order valence-electron chi connectivity index (χ1n) is 12.8. The van der Waals surface area contributed by atoms with Gasteiger partial charge in [-0.3, -0.25) is 9.69 Å². The van der Waals surface area contributed by atoms with E-state index < -0.39 is 0 Å². The Kier molecular flexibility index (Phi) is 7.56. The molecular formula is C29H32N6O2. The van der Waals surface area contributed by atoms with Gasteiger partial charge in [0.1, 0.15) is 5.76 Å². The number of aromatic nitrogens is 5. The summed E-state index contributed by atoms with van der Waals surface area (Å²) in [4.78, 5) is 18.4. The van der Waals surface area contributed by atoms with Crippen molar-refractivity contribution < 1.29 is 4.42 Å². The van der Waals surface area contributed by atoms with E-state index in [9.17, 15) is 4.79 Å². The number of pyridine rings is 1. The molecule has 0 amide bonds. The summed E-state index contributed by atoms with van der Waals surface area (Å²) in [6.07, 6.45) is 4.30. The number of furan rings is 1. The zero-order valence-corrected chi connectivity index (χ0v) is 21.3. The van der Waals surface area contributed by atoms with Gasteiger partial charge in [-0.05, 0) is 71.0 Å². The molecule has 8 nitrogen and oxygen atoms in total. The summed E-state index contributed by atoms with van der Waals surface area (Å²) in [5.74, 6) is 1.63. The molecule has 3 aromatic heterocycles. The second kappa shape index (κ2) is 11.3. The maximum Gasteiger partial charge on any atom is 0.252 e. The van der Waals surface area contributed by atoms with Crippen LogP contribution in [0.5, 0.6) is 0 Å². The fourth-order valence-corrected chi connectivity index (χ4v) is 4.81. The smallest absolute Gasteiger partial charge is 0.252 e. The van der Waals surface area contributed by atoms with Crippen LogP contribution in [0.2, 0.25) is 0 Å². The summed E-state index contributed by atoms with van der Waals surface area (Å²) in [5, 5.41) is 13.8. The molecule has 37 heavy (non-hydrogen) atoms. The monoisotopic (exact) mass is 496 g/mol. The first-order valence-corrected chi connectivity index (χ1v) is 12.8. The van der Waals surface area contributed by atoms with Crippen LogP contribution in [0.15, 0.2) is 82.2 Å². The molecule has 0 aliphatic carbocycles. The molecule has 0 radical (unpaired) electrons. The summed E-state index contributed by atoms with van der Waals surface area (Å²) in [6, 6.07) is 22.2. The molecule has 0 aliphatic heterocycles. The van der Waals surface area contributed by atoms with Crippen molar-refractivity contribution in [1.29, 1.82) is 0 Å². The highest BCUT2D eigenvalue weighted by molar-refractivity contribution is 5.79. The van der Waals surface area contributed by atoms with Crippen LogP contribution >= 0.6 is 0 Å². The Morgan fingerprint density at radius 3 is 2.70 bits per heavy atom. The molecule has 190 valence electrons. The number of H-pyrrole nitrogens is 1. The molecule has 1 atom stereocenters. The molecular weight excluding hydrogens is 464 g/mol. The number of nitrogens with zero attached hydrogens (tertiary/aromatic N) is 5. The largest absolute Gasteiger partial charge is 0.468 e. The zero-order valence-electron chi connectivity index (χ0n) is 21.3. The number of benzene rings is 2. The van der Waals surface area contributed by atoms with Gasteiger partial charge in [0.25, 0.3) is 5.56 Å². The summed E-state index contributed by atoms with van der Waals surface area (Å²) in [5.41, 5.74) is 3.82. The van der Waals surface area contributed by atoms with Gasteiger partial charge in [-0.1, -0.05) is 55.8 Å². The van der Waals surface area contributed by atoms with Crippen molar-refractivity contribution in [2.24, 2.45) is 0 Å². The third-order valence-corrected chi connectivity index (χ3v) is 6.71. The van der Waals surface area contributed by atoms with Crippen LogP contribution in [0.1, 0.15) is 54.1 Å². The maximum atomic E-state index is 13.1. The first-order chi connectivity index (χ1) is 18.1. The highest BCUT2D eigenvalue weighted by Crippen LogP contribution is 2.28. The van der Waals surface area contributed by atoms with Gasteiger partial charge in [-0.15, -0.1) is 5.10 Å². The van der Waals surface area contributed by atoms with E-state index in [2.05, 4.69) is 56.6 Å². The number of aryl methyl sites for hydroxylation is 3. The van der Waals surface area contributed by atoms with Crippen molar-refractivity contribution in [3.8, 4) is 0 Å². The van der Waals surface area contributed by atoms with Gasteiger partial charge in [0.05, 0.1) is 18.8 Å². The van der Waals surface area contributed by atoms with Crippen LogP contribution in [-0.4, -0.2) is 30.1 Å². The molecule has 0 aliphatic rings. The molecule has 5 aromatic rings. The third-order valence-electron chi connectivity index (χ3n) is 6.71. The molecule has 8 heteroatoms. The maximum absolute atomic E-state index is 13.1. The fraction of sp³-hybridized carbons (Fsp3) is 0.310. The van der Waals surface area contributed by atoms with Crippen LogP contribution in [-0.2, 0) is 26.1 Å². The van der Waals surface area contributed by atoms with Crippen molar-refractivity contribution in [2.75, 3.05) is 0 Å². The quantitative estimate of drug-likeness (QED) is 0.270. The van der Waals surface area contributed by atoms with Gasteiger partial charge in [0, 0.05) is 24.2 Å². The number of hydrogen-bond donors (Lipinski definition) is 1. The molecule has 0 saturated heterocycles. The minimum Gasteiger partial charge on any atom is -0.468 e. The van der Waals surface area contributed by atoms with Gasteiger partial charge in [-0.25, -0.2) is 4.68 Å². The highest BCUT2D eigenvalue weighted by Gasteiger charge is 2.27. The average molecular weight is 497 g/mol. The molecule has 0 bridgehead atoms. The van der Waals surface area contributed by atoms with Gasteiger partial charge in [0.2, 0.25) is 0 Å². The standard InChI is InChI=1S/C29H32N6O2/c1-3-8-27(28-31-32-33-35(28)15-14-22-9-5-4-6-10-22)34(20-25-11-7-16-37-25)19-24-18-23-13-12-21(2)17-26(23)30-29(24)36/h4-7,9-13,16-18,27H,3,8,14-15,19-20H2,1-2H3,(H,30,36)/t27-/m0/s1. The van der Waals surface area contributed by atoms with Crippen LogP contribution in [0, 0.1) is 6.92 Å². The number of hydrogen-bond acceptors (Lipinski definition) is 6. The van der Waals surface area contributed by atoms with E-state index in [1.54, 1.807) is 6.26 Å². The number of rotatable bonds is 11. The second-order valence-electron chi connectivity index (χ2n) is 9.50. The lowest BCUT2D eigenvalue weighted by molar-refractivity contribution is 0.144. The minimum atomic E-state index is -0.0889. The lowest BCUT2D eigenvalue weighted by Crippen LogP contribution is -2.32. The number of fused-ring (bicyclic) bond motifs is 1. The minimum absolute atomic E-state index is 0.0820. The molecule has 0 saturated carbocycles. The van der Waals surface area contributed by atoms with Crippen molar-refractivity contribution in [3.05, 3.63) is 112 Å². The summed E-state index contributed by atoms with van der Waals surface area (Å²) < 4.78 is 7.61. The van der Waals surface area contributed by atoms with Crippen LogP contribution < -0.4 is 5.56 Å². The molecule has 0 unspecified atom stereocenters. The van der Waals surface area contributed by atoms with E-state index >= 15 is 0 Å². The number of aromatic amines is 1. The van der Waals surface area contributed by atoms with Crippen LogP contribution in [0.4, 0.5) is 0 Å². The Morgan fingerprint density at radius 2 is 1.92 bits per heavy atom. The average Bonchev–Trinajstić information content (AvgIpc) is 3.59. The molecule has 0 spiro atoms. The second-order valence-corrected chi connectivity index (χ2v) is 9.50. The van der Waals surface area contributed by atoms with E-state index in [1.807, 2.05) is 54.1 Å². The van der Waals surface area contributed by atoms with E-state index in [0.717, 1.165) is 47.3 Å². The predicted octanol–water partition coefficient (Wildman–Crippen LogP) is 5.20. The Hall–Kier alpha value is -4.04. The predicted molar refractivity (Wildman–Crippen MR) is 143 cm³/mol. The molecule has 1 N–H and O–H groups in total. The fourth-order valence-electron chi connectivity index (χ4n) is 4.81. The summed E-state index contributed by atoms with van der Waals surface area (Å²) in [7, 11) is 0. The normalized spacial score (nSPS) is 12.4. The van der Waals surface area contributed by atoms with Gasteiger partial charge in [0.15, 0.2) is 5.82 Å². The van der Waals surface area contributed by atoms with Crippen LogP contribution in [0.3, 0.4) is 0 Å². The zero-order chi connectivity index (χ0) is 25.6. The summed E-state index contributed by atoms with van der Waals surface area (Å²) >= 11 is 0. The van der Waals surface area contributed by atoms with Gasteiger partial charge in [-0.2, -0.15) is 0 Å². The highest BCUT2D eigenvalue weighted by atomic mass is 16.3. The SMILES string of the molecule is CCC[C@@H](c1nnnn1CCc1ccccc1)N(Cc1ccco1)Cc1cc2ccc(C)cc2[nH]c1=O. The van der Waals surface area contributed by atoms with Crippen molar-refractivity contribution >= 4 is 10.9 Å². The van der Waals surface area contributed by atoms with Gasteiger partial charge < -0.3 is 9.40 Å². The lowest BCUT2D eigenvalue weighted by atomic mass is 10.1. The topological polar surface area (TPSA) is 92.8 Å². The van der Waals surface area contributed by atoms with Gasteiger partial charge >= 0.3 is 0 Å².